The zero-order valence-corrected chi connectivity index (χ0v) is 48.8. The van der Waals surface area contributed by atoms with Crippen molar-refractivity contribution in [2.45, 2.75) is 231 Å². The summed E-state index contributed by atoms with van der Waals surface area (Å²) in [4.78, 5) is 0. The molecule has 0 atom stereocenters. The molecule has 0 bridgehead atoms. The summed E-state index contributed by atoms with van der Waals surface area (Å²) in [5, 5.41) is 7.15. The molecule has 0 radical (unpaired) electrons. The summed E-state index contributed by atoms with van der Waals surface area (Å²) >= 11 is 0. The van der Waals surface area contributed by atoms with Crippen LogP contribution in [0.2, 0.25) is 74.5 Å². The minimum absolute atomic E-state index is 0. The molecule has 0 spiro atoms. The van der Waals surface area contributed by atoms with Crippen LogP contribution in [-0.2, 0) is 43.4 Å². The first-order valence-electron chi connectivity index (χ1n) is 24.6. The third kappa shape index (κ3) is 16.6. The summed E-state index contributed by atoms with van der Waals surface area (Å²) in [6.07, 6.45) is 47.7. The van der Waals surface area contributed by atoms with Gasteiger partial charge in [0.1, 0.15) is 0 Å². The van der Waals surface area contributed by atoms with Crippen LogP contribution in [0.4, 0.5) is 0 Å². The van der Waals surface area contributed by atoms with Gasteiger partial charge >= 0.3 is 0 Å². The Labute approximate surface area is 419 Å². The maximum atomic E-state index is 2.57. The van der Waals surface area contributed by atoms with Gasteiger partial charge in [-0.05, 0) is 77.0 Å². The summed E-state index contributed by atoms with van der Waals surface area (Å²) in [7, 11) is -3.44. The van der Waals surface area contributed by atoms with E-state index in [-0.39, 0.29) is 68.2 Å². The van der Waals surface area contributed by atoms with Crippen LogP contribution in [0.15, 0.2) is 91.7 Å². The fourth-order valence-corrected chi connectivity index (χ4v) is 22.8. The number of hydrogen-bond donors (Lipinski definition) is 0. The van der Waals surface area contributed by atoms with Crippen molar-refractivity contribution in [1.82, 2.24) is 0 Å². The van der Waals surface area contributed by atoms with Crippen molar-refractivity contribution >= 4 is 32.3 Å². The summed E-state index contributed by atoms with van der Waals surface area (Å²) in [5.74, 6) is 0. The van der Waals surface area contributed by atoms with Gasteiger partial charge in [-0.3, -0.25) is 0 Å². The van der Waals surface area contributed by atoms with E-state index in [2.05, 4.69) is 102 Å². The van der Waals surface area contributed by atoms with Crippen LogP contribution in [0.25, 0.3) is 0 Å². The third-order valence-corrected chi connectivity index (χ3v) is 34.4. The molecule has 4 fully saturated rings. The molecule has 0 N–H and O–H groups in total. The van der Waals surface area contributed by atoms with Crippen molar-refractivity contribution < 1.29 is 68.2 Å². The summed E-state index contributed by atoms with van der Waals surface area (Å²) in [5.41, 5.74) is 6.84. The van der Waals surface area contributed by atoms with Crippen LogP contribution in [0.3, 0.4) is 0 Å². The number of rotatable bonds is 16. The monoisotopic (exact) mass is 990 g/mol. The van der Waals surface area contributed by atoms with Crippen LogP contribution in [0, 0.1) is 0 Å². The first-order valence-corrected chi connectivity index (χ1v) is 36.2. The standard InChI is InChI=1S/4C13H22Si.2ClH.2Ti/c4*1-3-4-6-12-7-8-13(11-12)14(2)9-5-10-14;;;;/h4*8,11H,3-7,9-10H2,1-2H3;2*1H;;/p-2. The van der Waals surface area contributed by atoms with Crippen molar-refractivity contribution in [3.05, 3.63) is 91.7 Å². The minimum Gasteiger partial charge on any atom is -1.00 e. The van der Waals surface area contributed by atoms with E-state index in [1.54, 1.807) is 91.4 Å². The van der Waals surface area contributed by atoms with Gasteiger partial charge in [0, 0.05) is 43.4 Å². The van der Waals surface area contributed by atoms with Crippen molar-refractivity contribution in [2.75, 3.05) is 0 Å². The Morgan fingerprint density at radius 1 is 0.350 bits per heavy atom. The van der Waals surface area contributed by atoms with Crippen LogP contribution in [0.1, 0.15) is 156 Å². The molecule has 0 aromatic heterocycles. The van der Waals surface area contributed by atoms with Crippen molar-refractivity contribution in [3.63, 3.8) is 0 Å². The maximum absolute atomic E-state index is 2.57. The molecule has 4 aliphatic carbocycles. The second-order valence-corrected chi connectivity index (χ2v) is 39.5. The van der Waals surface area contributed by atoms with Crippen LogP contribution in [-0.4, -0.2) is 32.3 Å². The molecule has 4 saturated heterocycles. The van der Waals surface area contributed by atoms with Crippen LogP contribution < -0.4 is 24.8 Å². The van der Waals surface area contributed by atoms with E-state index in [1.165, 1.54) is 128 Å². The Morgan fingerprint density at radius 2 is 0.533 bits per heavy atom. The predicted molar refractivity (Wildman–Crippen MR) is 265 cm³/mol. The van der Waals surface area contributed by atoms with Gasteiger partial charge in [0.15, 0.2) is 0 Å². The van der Waals surface area contributed by atoms with E-state index in [0.717, 1.165) is 0 Å². The molecule has 0 aromatic rings. The zero-order valence-electron chi connectivity index (χ0n) is 40.2. The van der Waals surface area contributed by atoms with Gasteiger partial charge in [-0.15, -0.1) is 0 Å². The normalized spacial score (nSPS) is 22.5. The fraction of sp³-hybridized carbons (Fsp3) is 0.692. The topological polar surface area (TPSA) is 0 Å². The molecule has 0 aromatic carbocycles. The average molecular weight is 992 g/mol. The Hall–Kier alpha value is 0.796. The van der Waals surface area contributed by atoms with Gasteiger partial charge < -0.3 is 24.8 Å². The molecule has 4 heterocycles. The van der Waals surface area contributed by atoms with E-state index < -0.39 is 32.3 Å². The molecule has 4 aliphatic heterocycles. The van der Waals surface area contributed by atoms with E-state index >= 15 is 0 Å². The largest absolute Gasteiger partial charge is 1.00 e. The predicted octanol–water partition coefficient (Wildman–Crippen LogP) is 11.8. The van der Waals surface area contributed by atoms with Gasteiger partial charge in [0.2, 0.25) is 0 Å². The molecule has 0 nitrogen and oxygen atoms in total. The number of hydrogen-bond acceptors (Lipinski definition) is 0. The second-order valence-electron chi connectivity index (χ2n) is 20.7. The van der Waals surface area contributed by atoms with Gasteiger partial charge in [0.25, 0.3) is 0 Å². The number of halogens is 2. The quantitative estimate of drug-likeness (QED) is 0.135. The number of allylic oxidation sites excluding steroid dienone is 16. The van der Waals surface area contributed by atoms with Gasteiger partial charge in [-0.1, -0.05) is 245 Å². The minimum atomic E-state index is -0.860. The van der Waals surface area contributed by atoms with Crippen molar-refractivity contribution in [3.8, 4) is 0 Å². The van der Waals surface area contributed by atoms with Crippen LogP contribution >= 0.6 is 0 Å². The third-order valence-electron chi connectivity index (χ3n) is 15.8. The first-order chi connectivity index (χ1) is 27.0. The van der Waals surface area contributed by atoms with E-state index in [9.17, 15) is 0 Å². The first kappa shape index (κ1) is 58.8. The van der Waals surface area contributed by atoms with Gasteiger partial charge in [-0.25, -0.2) is 0 Å². The fourth-order valence-electron chi connectivity index (χ4n) is 10.3. The average Bonchev–Trinajstić information content (AvgIpc) is 3.99. The van der Waals surface area contributed by atoms with Gasteiger partial charge in [-0.2, -0.15) is 0 Å². The summed E-state index contributed by atoms with van der Waals surface area (Å²) in [6.45, 7) is 19.4. The molecule has 0 unspecified atom stereocenters. The Kier molecular flexibility index (Phi) is 28.2. The zero-order chi connectivity index (χ0) is 40.1. The molecule has 336 valence electrons. The SMILES string of the molecule is CCCCC1=CC([Si]2(C)CCC2)=CC1.CCCCC1=CC([Si]2(C)CCC2)=CC1.CCCCC1=CC([Si]2(C)CCC2)=CC1.CCCCC1=CC([Si]2(C)CCC2)=CC1.[Cl-].[Cl-].[Ti].[Ti]. The number of unbranched alkanes of at least 4 members (excludes halogenated alkanes) is 4. The van der Waals surface area contributed by atoms with Crippen molar-refractivity contribution in [1.29, 1.82) is 0 Å². The molecule has 0 amide bonds. The molecule has 8 rings (SSSR count). The molecule has 8 aliphatic rings. The summed E-state index contributed by atoms with van der Waals surface area (Å²) < 4.78 is 0. The van der Waals surface area contributed by atoms with E-state index in [0.29, 0.717) is 0 Å². The van der Waals surface area contributed by atoms with E-state index in [1.807, 2.05) is 0 Å². The molecule has 8 heteroatoms. The van der Waals surface area contributed by atoms with Gasteiger partial charge in [0.05, 0.1) is 32.3 Å². The molecular formula is C52H88Cl2Si4Ti2-2. The van der Waals surface area contributed by atoms with Crippen LogP contribution in [0.5, 0.6) is 0 Å². The molecule has 0 saturated carbocycles. The molecule has 60 heavy (non-hydrogen) atoms. The smallest absolute Gasteiger partial charge is 0.0832 e. The molecular weight excluding hydrogens is 904 g/mol. The maximum Gasteiger partial charge on any atom is 0.0832 e. The second kappa shape index (κ2) is 28.7. The Bertz CT molecular complexity index is 1330. The Morgan fingerprint density at radius 3 is 0.667 bits per heavy atom. The summed E-state index contributed by atoms with van der Waals surface area (Å²) in [6, 6.07) is 12.4. The Balaban J connectivity index is 0.000000391. The van der Waals surface area contributed by atoms with E-state index in [4.69, 9.17) is 0 Å². The van der Waals surface area contributed by atoms with Crippen molar-refractivity contribution in [2.24, 2.45) is 0 Å².